The normalized spacial score (nSPS) is 11.5. The number of aromatic carboxylic acids is 1. The molecule has 0 saturated heterocycles. The monoisotopic (exact) mass is 588 g/mol. The number of aryl methyl sites for hydroxylation is 1. The molecule has 4 heterocycles. The lowest BCUT2D eigenvalue weighted by atomic mass is 10.1. The molecule has 0 aliphatic rings. The van der Waals surface area contributed by atoms with E-state index in [1.165, 1.54) is 30.6 Å². The summed E-state index contributed by atoms with van der Waals surface area (Å²) in [7, 11) is 1.74. The van der Waals surface area contributed by atoms with Crippen molar-refractivity contribution < 1.29 is 32.2 Å². The Hall–Kier alpha value is -5.05. The van der Waals surface area contributed by atoms with Gasteiger partial charge in [0.2, 0.25) is 11.8 Å². The summed E-state index contributed by atoms with van der Waals surface area (Å²) in [6, 6.07) is 5.73. The van der Waals surface area contributed by atoms with Gasteiger partial charge in [0.25, 0.3) is 0 Å². The number of hydrogen-bond acceptors (Lipinski definition) is 8. The van der Waals surface area contributed by atoms with E-state index in [9.17, 15) is 27.5 Å². The number of nitrogens with zero attached hydrogens (tertiary/aromatic N) is 7. The molecule has 2 N–H and O–H groups in total. The van der Waals surface area contributed by atoms with Crippen LogP contribution in [-0.2, 0) is 19.8 Å². The van der Waals surface area contributed by atoms with Gasteiger partial charge in [0.15, 0.2) is 11.5 Å². The molecule has 0 aliphatic heterocycles. The first-order valence-electron chi connectivity index (χ1n) is 11.5. The van der Waals surface area contributed by atoms with Gasteiger partial charge in [-0.3, -0.25) is 0 Å². The van der Waals surface area contributed by atoms with Gasteiger partial charge in [-0.15, -0.1) is 0 Å². The van der Waals surface area contributed by atoms with Crippen molar-refractivity contribution >= 4 is 29.2 Å². The third-order valence-electron chi connectivity index (χ3n) is 5.69. The van der Waals surface area contributed by atoms with Gasteiger partial charge in [-0.1, -0.05) is 11.6 Å². The van der Waals surface area contributed by atoms with Crippen molar-refractivity contribution in [2.75, 3.05) is 5.32 Å². The molecule has 0 aliphatic carbocycles. The van der Waals surface area contributed by atoms with E-state index in [-0.39, 0.29) is 46.0 Å². The molecule has 0 unspecified atom stereocenters. The second-order valence-corrected chi connectivity index (χ2v) is 8.86. The topological polar surface area (TPSA) is 133 Å². The zero-order valence-electron chi connectivity index (χ0n) is 20.8. The number of benzene rings is 1. The summed E-state index contributed by atoms with van der Waals surface area (Å²) in [5, 5.41) is 16.0. The number of imidazole rings is 1. The Kier molecular flexibility index (Phi) is 7.28. The minimum absolute atomic E-state index is 0.0637. The molecular weight excluding hydrogens is 572 g/mol. The third-order valence-corrected chi connectivity index (χ3v) is 5.98. The van der Waals surface area contributed by atoms with Crippen molar-refractivity contribution in [1.82, 2.24) is 34.3 Å². The molecule has 5 rings (SSSR count). The average Bonchev–Trinajstić information content (AvgIpc) is 3.59. The highest BCUT2D eigenvalue weighted by Gasteiger charge is 2.34. The quantitative estimate of drug-likeness (QED) is 0.232. The fourth-order valence-electron chi connectivity index (χ4n) is 3.64. The minimum Gasteiger partial charge on any atom is -0.477 e. The fraction of sp³-hybridized carbons (Fsp3) is 0.120. The highest BCUT2D eigenvalue weighted by Crippen LogP contribution is 2.32. The average molecular weight is 589 g/mol. The number of rotatable bonds is 8. The highest BCUT2D eigenvalue weighted by molar-refractivity contribution is 6.31. The van der Waals surface area contributed by atoms with Crippen LogP contribution in [-0.4, -0.2) is 45.4 Å². The zero-order valence-corrected chi connectivity index (χ0v) is 21.5. The number of carboxylic acids is 1. The van der Waals surface area contributed by atoms with Crippen LogP contribution in [0, 0.1) is 5.82 Å². The van der Waals surface area contributed by atoms with E-state index in [1.54, 1.807) is 24.0 Å². The number of nitrogens with one attached hydrogen (secondary N) is 1. The van der Waals surface area contributed by atoms with E-state index in [0.717, 1.165) is 23.0 Å². The summed E-state index contributed by atoms with van der Waals surface area (Å²) in [6.45, 7) is -0.0637. The van der Waals surface area contributed by atoms with Crippen molar-refractivity contribution in [3.8, 4) is 22.8 Å². The van der Waals surface area contributed by atoms with Gasteiger partial charge in [-0.2, -0.15) is 23.3 Å². The molecule has 1 aromatic carbocycles. The van der Waals surface area contributed by atoms with E-state index >= 15 is 0 Å². The minimum atomic E-state index is -4.73. The van der Waals surface area contributed by atoms with Gasteiger partial charge < -0.3 is 19.7 Å². The molecule has 0 radical (unpaired) electrons. The Bertz CT molecular complexity index is 1760. The lowest BCUT2D eigenvalue weighted by Gasteiger charge is -2.14. The Morgan fingerprint density at radius 1 is 1.12 bits per heavy atom. The lowest BCUT2D eigenvalue weighted by molar-refractivity contribution is -0.141. The van der Waals surface area contributed by atoms with E-state index in [0.29, 0.717) is 11.5 Å². The lowest BCUT2D eigenvalue weighted by Crippen LogP contribution is -2.11. The highest BCUT2D eigenvalue weighted by atomic mass is 35.5. The van der Waals surface area contributed by atoms with Gasteiger partial charge >= 0.3 is 12.1 Å². The third kappa shape index (κ3) is 5.94. The summed E-state index contributed by atoms with van der Waals surface area (Å²) in [6.07, 6.45) is 2.08. The molecule has 4 aromatic heterocycles. The van der Waals surface area contributed by atoms with Crippen molar-refractivity contribution in [2.24, 2.45) is 7.05 Å². The van der Waals surface area contributed by atoms with Crippen LogP contribution in [0.4, 0.5) is 29.2 Å². The molecule has 16 heteroatoms. The van der Waals surface area contributed by atoms with E-state index in [2.05, 4.69) is 30.4 Å². The van der Waals surface area contributed by atoms with Crippen LogP contribution in [0.2, 0.25) is 5.02 Å². The molecule has 5 aromatic rings. The van der Waals surface area contributed by atoms with Crippen molar-refractivity contribution in [3.63, 3.8) is 0 Å². The van der Waals surface area contributed by atoms with E-state index < -0.39 is 23.7 Å². The molecule has 210 valence electrons. The number of aromatic nitrogens is 7. The number of carboxylic acid groups (broad SMARTS) is 1. The van der Waals surface area contributed by atoms with Crippen molar-refractivity contribution in [3.05, 3.63) is 89.2 Å². The van der Waals surface area contributed by atoms with Gasteiger partial charge in [0.05, 0.1) is 5.02 Å². The van der Waals surface area contributed by atoms with Crippen molar-refractivity contribution in [2.45, 2.75) is 12.8 Å². The predicted octanol–water partition coefficient (Wildman–Crippen LogP) is 5.29. The molecule has 0 spiro atoms. The second-order valence-electron chi connectivity index (χ2n) is 8.45. The first kappa shape index (κ1) is 27.5. The van der Waals surface area contributed by atoms with Crippen LogP contribution < -0.4 is 10.1 Å². The molecule has 0 fully saturated rings. The number of ether oxygens (including phenoxy) is 1. The standard InChI is InChI=1S/C25H17ClF4N8O3/c1-37-7-5-31-20(37)12-41-22-15(23(39)40)8-13(10-32-22)16-11-33-24(34-14-2-3-18(27)17(26)9-14)35-21(16)38-6-4-19(36-38)25(28,29)30/h2-11H,12H2,1H3,(H,39,40)(H,33,34,35). The summed E-state index contributed by atoms with van der Waals surface area (Å²) in [5.74, 6) is -1.91. The number of hydrogen-bond donors (Lipinski definition) is 2. The van der Waals surface area contributed by atoms with Crippen LogP contribution >= 0.6 is 11.6 Å². The van der Waals surface area contributed by atoms with Crippen LogP contribution in [0.15, 0.2) is 61.3 Å². The molecule has 0 amide bonds. The van der Waals surface area contributed by atoms with Crippen LogP contribution in [0.5, 0.6) is 5.88 Å². The zero-order chi connectivity index (χ0) is 29.3. The van der Waals surface area contributed by atoms with Gasteiger partial charge in [-0.25, -0.2) is 28.8 Å². The number of carbonyl (C=O) groups is 1. The molecular formula is C25H17ClF4N8O3. The summed E-state index contributed by atoms with van der Waals surface area (Å²) in [5.41, 5.74) is -0.931. The Balaban J connectivity index is 1.56. The summed E-state index contributed by atoms with van der Waals surface area (Å²) >= 11 is 5.82. The maximum absolute atomic E-state index is 13.6. The number of anilines is 2. The number of halogens is 5. The van der Waals surface area contributed by atoms with Crippen LogP contribution in [0.25, 0.3) is 16.9 Å². The maximum Gasteiger partial charge on any atom is 0.435 e. The molecule has 0 atom stereocenters. The number of alkyl halides is 3. The molecule has 0 saturated carbocycles. The van der Waals surface area contributed by atoms with Gasteiger partial charge in [0, 0.05) is 54.8 Å². The maximum atomic E-state index is 13.6. The summed E-state index contributed by atoms with van der Waals surface area (Å²) < 4.78 is 61.6. The van der Waals surface area contributed by atoms with Crippen molar-refractivity contribution in [1.29, 1.82) is 0 Å². The van der Waals surface area contributed by atoms with E-state index in [1.807, 2.05) is 0 Å². The van der Waals surface area contributed by atoms with E-state index in [4.69, 9.17) is 16.3 Å². The second kappa shape index (κ2) is 10.8. The van der Waals surface area contributed by atoms with Gasteiger partial charge in [0.1, 0.15) is 23.8 Å². The first-order chi connectivity index (χ1) is 19.5. The Labute approximate surface area is 233 Å². The predicted molar refractivity (Wildman–Crippen MR) is 137 cm³/mol. The van der Waals surface area contributed by atoms with Crippen LogP contribution in [0.3, 0.4) is 0 Å². The Morgan fingerprint density at radius 3 is 2.59 bits per heavy atom. The fourth-order valence-corrected chi connectivity index (χ4v) is 3.82. The number of pyridine rings is 1. The van der Waals surface area contributed by atoms with Gasteiger partial charge in [-0.05, 0) is 30.3 Å². The molecule has 41 heavy (non-hydrogen) atoms. The first-order valence-corrected chi connectivity index (χ1v) is 11.9. The van der Waals surface area contributed by atoms with Crippen LogP contribution in [0.1, 0.15) is 21.9 Å². The SMILES string of the molecule is Cn1ccnc1COc1ncc(-c2cnc(Nc3ccc(F)c(Cl)c3)nc2-n2ccc(C(F)(F)F)n2)cc1C(=O)O. The molecule has 11 nitrogen and oxygen atoms in total. The smallest absolute Gasteiger partial charge is 0.435 e. The summed E-state index contributed by atoms with van der Waals surface area (Å²) in [4.78, 5) is 28.8. The largest absolute Gasteiger partial charge is 0.477 e. The molecule has 0 bridgehead atoms. The Morgan fingerprint density at radius 2 is 1.93 bits per heavy atom.